The van der Waals surface area contributed by atoms with Crippen LogP contribution in [0.25, 0.3) is 11.5 Å². The molecule has 0 aliphatic carbocycles. The van der Waals surface area contributed by atoms with Crippen LogP contribution in [0.3, 0.4) is 0 Å². The van der Waals surface area contributed by atoms with Gasteiger partial charge in [-0.25, -0.2) is 4.98 Å². The lowest BCUT2D eigenvalue weighted by atomic mass is 10.1. The first-order valence-corrected chi connectivity index (χ1v) is 7.57. The fourth-order valence-corrected chi connectivity index (χ4v) is 2.48. The molecule has 3 N–H and O–H groups in total. The van der Waals surface area contributed by atoms with E-state index in [0.717, 1.165) is 5.56 Å². The fourth-order valence-electron chi connectivity index (χ4n) is 2.48. The van der Waals surface area contributed by atoms with E-state index in [-0.39, 0.29) is 6.54 Å². The number of hydrogen-bond donors (Lipinski definition) is 2. The van der Waals surface area contributed by atoms with Crippen LogP contribution >= 0.6 is 0 Å². The van der Waals surface area contributed by atoms with Gasteiger partial charge in [-0.05, 0) is 30.8 Å². The van der Waals surface area contributed by atoms with Gasteiger partial charge in [-0.2, -0.15) is 0 Å². The van der Waals surface area contributed by atoms with Gasteiger partial charge in [0.15, 0.2) is 0 Å². The van der Waals surface area contributed by atoms with Crippen LogP contribution < -0.4 is 5.73 Å². The summed E-state index contributed by atoms with van der Waals surface area (Å²) in [5.41, 5.74) is 6.88. The lowest BCUT2D eigenvalue weighted by Gasteiger charge is -2.23. The predicted molar refractivity (Wildman–Crippen MR) is 90.2 cm³/mol. The molecule has 25 heavy (non-hydrogen) atoms. The molecule has 0 aliphatic rings. The van der Waals surface area contributed by atoms with Crippen molar-refractivity contribution in [1.82, 2.24) is 20.1 Å². The van der Waals surface area contributed by atoms with Gasteiger partial charge in [-0.3, -0.25) is 9.69 Å². The highest BCUT2D eigenvalue weighted by Crippen LogP contribution is 2.23. The average molecular weight is 339 g/mol. The zero-order valence-electron chi connectivity index (χ0n) is 13.5. The van der Waals surface area contributed by atoms with E-state index in [0.29, 0.717) is 23.2 Å². The second-order valence-electron chi connectivity index (χ2n) is 5.54. The first kappa shape index (κ1) is 16.6. The third kappa shape index (κ3) is 3.81. The standard InChI is InChI=1S/C17H17N5O3/c1-22(15(17(23)24)12-7-8-13(18)19-9-12)10-14-20-21-16(25-14)11-5-3-2-4-6-11/h2-9,15H,10H2,1H3,(H2,18,19)(H,23,24)/t15-/m1/s1. The molecule has 0 fully saturated rings. The highest BCUT2D eigenvalue weighted by molar-refractivity contribution is 5.75. The lowest BCUT2D eigenvalue weighted by molar-refractivity contribution is -0.143. The van der Waals surface area contributed by atoms with Gasteiger partial charge < -0.3 is 15.3 Å². The zero-order valence-corrected chi connectivity index (χ0v) is 13.5. The maximum Gasteiger partial charge on any atom is 0.325 e. The van der Waals surface area contributed by atoms with Crippen molar-refractivity contribution in [2.24, 2.45) is 0 Å². The van der Waals surface area contributed by atoms with Crippen LogP contribution in [0, 0.1) is 0 Å². The van der Waals surface area contributed by atoms with E-state index < -0.39 is 12.0 Å². The van der Waals surface area contributed by atoms with Gasteiger partial charge in [-0.15, -0.1) is 10.2 Å². The SMILES string of the molecule is CN(Cc1nnc(-c2ccccc2)o1)[C@@H](C(=O)O)c1ccc(N)nc1. The molecule has 2 heterocycles. The number of carbonyl (C=O) groups is 1. The Morgan fingerprint density at radius 3 is 2.64 bits per heavy atom. The summed E-state index contributed by atoms with van der Waals surface area (Å²) in [6, 6.07) is 11.7. The molecular weight excluding hydrogens is 322 g/mol. The van der Waals surface area contributed by atoms with Crippen LogP contribution in [0.15, 0.2) is 53.1 Å². The summed E-state index contributed by atoms with van der Waals surface area (Å²) in [6.45, 7) is 0.182. The molecule has 1 atom stereocenters. The first-order chi connectivity index (χ1) is 12.0. The second-order valence-corrected chi connectivity index (χ2v) is 5.54. The van der Waals surface area contributed by atoms with Crippen molar-refractivity contribution in [2.45, 2.75) is 12.6 Å². The Bertz CT molecular complexity index is 848. The molecule has 0 saturated heterocycles. The quantitative estimate of drug-likeness (QED) is 0.700. The number of rotatable bonds is 6. The van der Waals surface area contributed by atoms with E-state index in [1.165, 1.54) is 6.20 Å². The van der Waals surface area contributed by atoms with Crippen molar-refractivity contribution in [2.75, 3.05) is 12.8 Å². The number of carboxylic acids is 1. The molecule has 8 heteroatoms. The molecular formula is C17H17N5O3. The highest BCUT2D eigenvalue weighted by Gasteiger charge is 2.26. The van der Waals surface area contributed by atoms with E-state index in [1.54, 1.807) is 24.1 Å². The molecule has 0 bridgehead atoms. The Labute approximate surface area is 143 Å². The smallest absolute Gasteiger partial charge is 0.325 e. The number of nitrogen functional groups attached to an aromatic ring is 1. The van der Waals surface area contributed by atoms with Gasteiger partial charge >= 0.3 is 5.97 Å². The minimum atomic E-state index is -1.00. The Morgan fingerprint density at radius 2 is 2.00 bits per heavy atom. The molecule has 0 aliphatic heterocycles. The number of likely N-dealkylation sites (N-methyl/N-ethyl adjacent to an activating group) is 1. The normalized spacial score (nSPS) is 12.2. The Hall–Kier alpha value is -3.26. The maximum absolute atomic E-state index is 11.7. The van der Waals surface area contributed by atoms with Gasteiger partial charge in [0.05, 0.1) is 6.54 Å². The number of benzene rings is 1. The van der Waals surface area contributed by atoms with Crippen molar-refractivity contribution in [3.63, 3.8) is 0 Å². The van der Waals surface area contributed by atoms with E-state index >= 15 is 0 Å². The Morgan fingerprint density at radius 1 is 1.24 bits per heavy atom. The van der Waals surface area contributed by atoms with Crippen molar-refractivity contribution in [1.29, 1.82) is 0 Å². The number of aliphatic carboxylic acids is 1. The predicted octanol–water partition coefficient (Wildman–Crippen LogP) is 1.97. The van der Waals surface area contributed by atoms with Crippen LogP contribution in [0.5, 0.6) is 0 Å². The molecule has 0 unspecified atom stereocenters. The highest BCUT2D eigenvalue weighted by atomic mass is 16.4. The van der Waals surface area contributed by atoms with E-state index in [2.05, 4.69) is 15.2 Å². The first-order valence-electron chi connectivity index (χ1n) is 7.57. The summed E-state index contributed by atoms with van der Waals surface area (Å²) in [4.78, 5) is 17.2. The minimum Gasteiger partial charge on any atom is -0.480 e. The van der Waals surface area contributed by atoms with E-state index in [4.69, 9.17) is 10.2 Å². The van der Waals surface area contributed by atoms with Crippen molar-refractivity contribution < 1.29 is 14.3 Å². The number of aromatic nitrogens is 3. The number of pyridine rings is 1. The number of nitrogens with two attached hydrogens (primary N) is 1. The van der Waals surface area contributed by atoms with Crippen molar-refractivity contribution in [3.05, 3.63) is 60.1 Å². The van der Waals surface area contributed by atoms with Gasteiger partial charge in [0.25, 0.3) is 0 Å². The summed E-state index contributed by atoms with van der Waals surface area (Å²) in [5.74, 6) is 0.0536. The second kappa shape index (κ2) is 7.10. The molecule has 3 aromatic rings. The summed E-state index contributed by atoms with van der Waals surface area (Å²) in [6.07, 6.45) is 1.45. The monoisotopic (exact) mass is 339 g/mol. The van der Waals surface area contributed by atoms with Gasteiger partial charge in [0.1, 0.15) is 11.9 Å². The number of hydrogen-bond acceptors (Lipinski definition) is 7. The average Bonchev–Trinajstić information content (AvgIpc) is 3.06. The summed E-state index contributed by atoms with van der Waals surface area (Å²) in [7, 11) is 1.67. The molecule has 128 valence electrons. The van der Waals surface area contributed by atoms with Gasteiger partial charge in [-0.1, -0.05) is 24.3 Å². The molecule has 8 nitrogen and oxygen atoms in total. The molecule has 2 aromatic heterocycles. The summed E-state index contributed by atoms with van der Waals surface area (Å²) < 4.78 is 5.63. The fraction of sp³-hybridized carbons (Fsp3) is 0.176. The lowest BCUT2D eigenvalue weighted by Crippen LogP contribution is -2.30. The molecule has 1 aromatic carbocycles. The van der Waals surface area contributed by atoms with Crippen molar-refractivity contribution >= 4 is 11.8 Å². The minimum absolute atomic E-state index is 0.182. The zero-order chi connectivity index (χ0) is 17.8. The largest absolute Gasteiger partial charge is 0.480 e. The topological polar surface area (TPSA) is 118 Å². The molecule has 0 amide bonds. The maximum atomic E-state index is 11.7. The van der Waals surface area contributed by atoms with Gasteiger partial charge in [0, 0.05) is 11.8 Å². The van der Waals surface area contributed by atoms with Crippen LogP contribution in [-0.4, -0.2) is 38.2 Å². The summed E-state index contributed by atoms with van der Waals surface area (Å²) in [5, 5.41) is 17.6. The molecule has 0 radical (unpaired) electrons. The number of carboxylic acid groups (broad SMARTS) is 1. The molecule has 3 rings (SSSR count). The van der Waals surface area contributed by atoms with Gasteiger partial charge in [0.2, 0.25) is 11.8 Å². The van der Waals surface area contributed by atoms with Crippen LogP contribution in [0.1, 0.15) is 17.5 Å². The Balaban J connectivity index is 1.78. The van der Waals surface area contributed by atoms with Crippen LogP contribution in [0.4, 0.5) is 5.82 Å². The van der Waals surface area contributed by atoms with E-state index in [1.807, 2.05) is 30.3 Å². The summed E-state index contributed by atoms with van der Waals surface area (Å²) >= 11 is 0. The third-order valence-electron chi connectivity index (χ3n) is 3.67. The number of anilines is 1. The van der Waals surface area contributed by atoms with E-state index in [9.17, 15) is 9.90 Å². The van der Waals surface area contributed by atoms with Crippen molar-refractivity contribution in [3.8, 4) is 11.5 Å². The molecule has 0 spiro atoms. The van der Waals surface area contributed by atoms with Crippen LogP contribution in [0.2, 0.25) is 0 Å². The third-order valence-corrected chi connectivity index (χ3v) is 3.67. The molecule has 0 saturated carbocycles. The number of nitrogens with zero attached hydrogens (tertiary/aromatic N) is 4. The Kier molecular flexibility index (Phi) is 4.71. The van der Waals surface area contributed by atoms with Crippen LogP contribution in [-0.2, 0) is 11.3 Å².